The monoisotopic (exact) mass is 475 g/mol. The maximum absolute atomic E-state index is 12.6. The van der Waals surface area contributed by atoms with Gasteiger partial charge in [0.15, 0.2) is 5.54 Å². The number of aliphatic imine (C=N–C) groups is 1. The molecule has 0 amide bonds. The third-order valence-electron chi connectivity index (χ3n) is 4.98. The number of benzene rings is 2. The van der Waals surface area contributed by atoms with Crippen LogP contribution in [0.2, 0.25) is 5.02 Å². The van der Waals surface area contributed by atoms with Crippen molar-refractivity contribution in [3.8, 4) is 16.9 Å². The number of ether oxygens (including phenoxy) is 2. The van der Waals surface area contributed by atoms with Crippen molar-refractivity contribution >= 4 is 24.1 Å². The number of rotatable bonds is 5. The highest BCUT2D eigenvalue weighted by molar-refractivity contribution is 6.30. The number of alkyl halides is 2. The summed E-state index contributed by atoms with van der Waals surface area (Å²) in [6.07, 6.45) is 3.29. The molecular weight excluding hydrogens is 456 g/mol. The molecule has 0 spiro atoms. The smallest absolute Gasteiger partial charge is 0.387 e. The summed E-state index contributed by atoms with van der Waals surface area (Å²) in [5.41, 5.74) is 9.06. The van der Waals surface area contributed by atoms with Crippen LogP contribution in [0.3, 0.4) is 0 Å². The molecule has 3 aromatic rings. The average molecular weight is 476 g/mol. The van der Waals surface area contributed by atoms with E-state index in [2.05, 4.69) is 14.7 Å². The summed E-state index contributed by atoms with van der Waals surface area (Å²) < 4.78 is 35.2. The number of aromatic nitrogens is 1. The zero-order valence-electron chi connectivity index (χ0n) is 17.4. The Bertz CT molecular complexity index is 1180. The summed E-state index contributed by atoms with van der Waals surface area (Å²) in [7, 11) is 0. The molecule has 0 saturated heterocycles. The SMILES string of the molecule is Cc1cc(OC(F)F)ccc1C1(c2cccc(-c3cncc(Cl)c3)c2)COC(N)=N1.O=CO. The molecule has 4 rings (SSSR count). The van der Waals surface area contributed by atoms with Crippen molar-refractivity contribution in [2.45, 2.75) is 19.1 Å². The number of aryl methyl sites for hydroxylation is 1. The summed E-state index contributed by atoms with van der Waals surface area (Å²) in [6.45, 7) is -1.15. The molecule has 1 aromatic heterocycles. The van der Waals surface area contributed by atoms with Gasteiger partial charge >= 0.3 is 6.61 Å². The van der Waals surface area contributed by atoms with E-state index in [9.17, 15) is 8.78 Å². The molecule has 0 saturated carbocycles. The van der Waals surface area contributed by atoms with Crippen LogP contribution in [0.5, 0.6) is 5.75 Å². The summed E-state index contributed by atoms with van der Waals surface area (Å²) in [5, 5.41) is 7.42. The zero-order valence-corrected chi connectivity index (χ0v) is 18.2. The highest BCUT2D eigenvalue weighted by atomic mass is 35.5. The number of carbonyl (C=O) groups is 1. The van der Waals surface area contributed by atoms with Gasteiger partial charge in [0.25, 0.3) is 12.5 Å². The summed E-state index contributed by atoms with van der Waals surface area (Å²) in [5.74, 6) is 0.0796. The molecule has 1 aliphatic rings. The molecule has 1 unspecified atom stereocenters. The van der Waals surface area contributed by atoms with Gasteiger partial charge in [-0.15, -0.1) is 0 Å². The number of halogens is 3. The molecular formula is C23H20ClF2N3O4. The van der Waals surface area contributed by atoms with Crippen molar-refractivity contribution in [1.82, 2.24) is 4.98 Å². The van der Waals surface area contributed by atoms with Gasteiger partial charge in [-0.1, -0.05) is 35.9 Å². The Morgan fingerprint density at radius 3 is 2.58 bits per heavy atom. The van der Waals surface area contributed by atoms with Crippen LogP contribution < -0.4 is 10.5 Å². The largest absolute Gasteiger partial charge is 0.483 e. The van der Waals surface area contributed by atoms with Crippen LogP contribution >= 0.6 is 11.6 Å². The minimum absolute atomic E-state index is 0.0668. The second-order valence-electron chi connectivity index (χ2n) is 7.03. The van der Waals surface area contributed by atoms with Gasteiger partial charge in [-0.25, -0.2) is 4.99 Å². The molecule has 1 atom stereocenters. The van der Waals surface area contributed by atoms with Gasteiger partial charge in [0.05, 0.1) is 5.02 Å². The normalized spacial score (nSPS) is 16.9. The molecule has 172 valence electrons. The van der Waals surface area contributed by atoms with Gasteiger partial charge < -0.3 is 20.3 Å². The fourth-order valence-corrected chi connectivity index (χ4v) is 3.85. The van der Waals surface area contributed by atoms with Gasteiger partial charge in [-0.05, 0) is 53.4 Å². The van der Waals surface area contributed by atoms with E-state index in [1.807, 2.05) is 37.3 Å². The van der Waals surface area contributed by atoms with E-state index >= 15 is 0 Å². The van der Waals surface area contributed by atoms with E-state index < -0.39 is 12.2 Å². The van der Waals surface area contributed by atoms with E-state index in [4.69, 9.17) is 32.0 Å². The summed E-state index contributed by atoms with van der Waals surface area (Å²) in [6, 6.07) is 14.4. The number of nitrogens with zero attached hydrogens (tertiary/aromatic N) is 2. The maximum Gasteiger partial charge on any atom is 0.387 e. The standard InChI is InChI=1S/C22H18ClF2N3O2.CH2O2/c1-13-7-18(30-20(24)25)5-6-19(13)22(12-29-21(26)28-22)16-4-2-3-14(8-16)15-9-17(23)11-27-10-15;2-1-3/h2-11,20H,12H2,1H3,(H2,26,28);1H,(H,2,3). The number of carboxylic acid groups (broad SMARTS) is 1. The predicted octanol–water partition coefficient (Wildman–Crippen LogP) is 4.60. The van der Waals surface area contributed by atoms with E-state index in [0.717, 1.165) is 27.8 Å². The first kappa shape index (κ1) is 23.9. The summed E-state index contributed by atoms with van der Waals surface area (Å²) in [4.78, 5) is 17.1. The highest BCUT2D eigenvalue weighted by Gasteiger charge is 2.41. The van der Waals surface area contributed by atoms with Gasteiger partial charge in [0.2, 0.25) is 0 Å². The topological polar surface area (TPSA) is 107 Å². The van der Waals surface area contributed by atoms with Crippen LogP contribution in [0.25, 0.3) is 11.1 Å². The van der Waals surface area contributed by atoms with Crippen molar-refractivity contribution in [1.29, 1.82) is 0 Å². The molecule has 0 bridgehead atoms. The molecule has 0 fully saturated rings. The molecule has 7 nitrogen and oxygen atoms in total. The molecule has 10 heteroatoms. The van der Waals surface area contributed by atoms with Gasteiger partial charge in [0, 0.05) is 18.0 Å². The first-order chi connectivity index (χ1) is 15.8. The Kier molecular flexibility index (Phi) is 7.44. The lowest BCUT2D eigenvalue weighted by molar-refractivity contribution is -0.122. The van der Waals surface area contributed by atoms with Crippen LogP contribution in [0.15, 0.2) is 65.9 Å². The number of pyridine rings is 1. The number of amidine groups is 1. The Labute approximate surface area is 193 Å². The lowest BCUT2D eigenvalue weighted by Crippen LogP contribution is -2.28. The van der Waals surface area contributed by atoms with Crippen molar-refractivity contribution in [3.63, 3.8) is 0 Å². The Balaban J connectivity index is 0.000000968. The van der Waals surface area contributed by atoms with E-state index in [-0.39, 0.29) is 24.9 Å². The Hall–Kier alpha value is -3.72. The van der Waals surface area contributed by atoms with Crippen molar-refractivity contribution < 1.29 is 28.2 Å². The number of hydrogen-bond donors (Lipinski definition) is 2. The first-order valence-electron chi connectivity index (χ1n) is 9.62. The minimum Gasteiger partial charge on any atom is -0.483 e. The molecule has 1 aliphatic heterocycles. The molecule has 2 aromatic carbocycles. The molecule has 0 aliphatic carbocycles. The van der Waals surface area contributed by atoms with Crippen LogP contribution in [-0.4, -0.2) is 35.8 Å². The Morgan fingerprint density at radius 2 is 1.97 bits per heavy atom. The Morgan fingerprint density at radius 1 is 1.21 bits per heavy atom. The number of hydrogen-bond acceptors (Lipinski definition) is 6. The lowest BCUT2D eigenvalue weighted by atomic mass is 9.81. The predicted molar refractivity (Wildman–Crippen MR) is 120 cm³/mol. The fourth-order valence-electron chi connectivity index (χ4n) is 3.67. The summed E-state index contributed by atoms with van der Waals surface area (Å²) >= 11 is 6.09. The highest BCUT2D eigenvalue weighted by Crippen LogP contribution is 2.41. The second-order valence-corrected chi connectivity index (χ2v) is 7.47. The molecule has 3 N–H and O–H groups in total. The zero-order chi connectivity index (χ0) is 24.0. The van der Waals surface area contributed by atoms with Gasteiger partial charge in [-0.3, -0.25) is 9.78 Å². The first-order valence-corrected chi connectivity index (χ1v) is 10.00. The third-order valence-corrected chi connectivity index (χ3v) is 5.18. The van der Waals surface area contributed by atoms with E-state index in [0.29, 0.717) is 5.02 Å². The average Bonchev–Trinajstić information content (AvgIpc) is 3.17. The van der Waals surface area contributed by atoms with Gasteiger partial charge in [-0.2, -0.15) is 8.78 Å². The van der Waals surface area contributed by atoms with Gasteiger partial charge in [0.1, 0.15) is 12.4 Å². The quantitative estimate of drug-likeness (QED) is 0.522. The maximum atomic E-state index is 12.6. The fraction of sp³-hybridized carbons (Fsp3) is 0.174. The van der Waals surface area contributed by atoms with E-state index in [1.165, 1.54) is 6.07 Å². The number of nitrogens with two attached hydrogens (primary N) is 1. The van der Waals surface area contributed by atoms with Crippen LogP contribution in [0.1, 0.15) is 16.7 Å². The molecule has 2 heterocycles. The van der Waals surface area contributed by atoms with Crippen LogP contribution in [0, 0.1) is 6.92 Å². The minimum atomic E-state index is -2.89. The van der Waals surface area contributed by atoms with Crippen molar-refractivity contribution in [2.24, 2.45) is 10.7 Å². The van der Waals surface area contributed by atoms with Crippen LogP contribution in [-0.2, 0) is 15.1 Å². The molecule has 0 radical (unpaired) electrons. The van der Waals surface area contributed by atoms with E-state index in [1.54, 1.807) is 24.5 Å². The lowest BCUT2D eigenvalue weighted by Gasteiger charge is -2.27. The van der Waals surface area contributed by atoms with Crippen LogP contribution in [0.4, 0.5) is 8.78 Å². The molecule has 33 heavy (non-hydrogen) atoms. The third kappa shape index (κ3) is 5.38. The van der Waals surface area contributed by atoms with Crippen molar-refractivity contribution in [3.05, 3.63) is 82.6 Å². The second kappa shape index (κ2) is 10.3. The van der Waals surface area contributed by atoms with Crippen molar-refractivity contribution in [2.75, 3.05) is 6.61 Å².